The average Bonchev–Trinajstić information content (AvgIpc) is 4.27. The number of nitrogens with zero attached hydrogens (tertiary/aromatic N) is 12. The molecule has 7 aromatic rings. The Morgan fingerprint density at radius 2 is 0.662 bits per heavy atom. The molecule has 0 fully saturated rings. The summed E-state index contributed by atoms with van der Waals surface area (Å²) in [6.45, 7) is 7.71. The second-order valence-electron chi connectivity index (χ2n) is 17.8. The summed E-state index contributed by atoms with van der Waals surface area (Å²) in [5.74, 6) is 3.67. The quantitative estimate of drug-likeness (QED) is 0.0604. The fourth-order valence-corrected chi connectivity index (χ4v) is 9.70. The van der Waals surface area contributed by atoms with Crippen LogP contribution in [0.2, 0.25) is 0 Å². The molecule has 0 aliphatic carbocycles. The van der Waals surface area contributed by atoms with Gasteiger partial charge >= 0.3 is 17.1 Å². The first kappa shape index (κ1) is 54.0. The standard InChI is InChI=1S/C54H68N12O7.Mn/c1-59-17-18-60(25-32-67-2)51(59)47-39-9-11-41(55-39)48(52-61(26-33-68-3)19-20-62(52)27-34-69-4)43-13-15-45(57-43)50(54-65(30-37-72-7)23-24-66(54)31-38-73-8)46-16-14-44(58-46)49(42-12-10-40(47)56-42)53-63(28-35-70-5)21-22-64(53)29-36-71-6;/h9-24H,25-38H2,1-8H3;/q+2;+3. The van der Waals surface area contributed by atoms with E-state index in [1.807, 2.05) is 0 Å². The van der Waals surface area contributed by atoms with E-state index in [0.29, 0.717) is 92.1 Å². The molecular weight excluding hydrogens is 984 g/mol. The molecule has 2 aliphatic rings. The van der Waals surface area contributed by atoms with Crippen molar-refractivity contribution in [3.05, 3.63) is 96.6 Å². The molecule has 0 saturated heterocycles. The topological polar surface area (TPSA) is 154 Å². The molecule has 9 heterocycles. The number of hydrogen-bond donors (Lipinski definition) is 0. The molecule has 0 amide bonds. The molecule has 388 valence electrons. The second-order valence-corrected chi connectivity index (χ2v) is 17.8. The van der Waals surface area contributed by atoms with E-state index in [0.717, 1.165) is 90.4 Å². The van der Waals surface area contributed by atoms with Gasteiger partial charge in [-0.3, -0.25) is 0 Å². The first-order chi connectivity index (χ1) is 35.8. The summed E-state index contributed by atoms with van der Waals surface area (Å²) < 4.78 is 57.3. The van der Waals surface area contributed by atoms with E-state index in [9.17, 15) is 0 Å². The minimum Gasteiger partial charge on any atom is -0.656 e. The van der Waals surface area contributed by atoms with Gasteiger partial charge in [-0.1, -0.05) is 24.3 Å². The minimum absolute atomic E-state index is 0. The SMILES string of the molecule is COCCn1cc[n+](CCOC)c1-c1c2nc(c(-c3n(CCOC)cc[n+]3CCOC)c3ccc([n-]3)c(-c3n(CCOC)cc[n+]3CCOC)c3nc(c(-c4n(C)cc[n+]4CCOC)c4ccc1[n-]4)C=C3)C=C2.[Mn+3]. The molecule has 19 nitrogen and oxygen atoms in total. The molecule has 9 rings (SSSR count). The molecule has 8 bridgehead atoms. The van der Waals surface area contributed by atoms with Crippen molar-refractivity contribution in [3.63, 3.8) is 0 Å². The van der Waals surface area contributed by atoms with Crippen LogP contribution in [0.15, 0.2) is 73.8 Å². The van der Waals surface area contributed by atoms with Crippen molar-refractivity contribution in [2.45, 2.75) is 45.8 Å². The van der Waals surface area contributed by atoms with Crippen LogP contribution in [0.25, 0.3) is 91.9 Å². The van der Waals surface area contributed by atoms with Crippen molar-refractivity contribution in [2.75, 3.05) is 96.0 Å². The first-order valence-electron chi connectivity index (χ1n) is 24.7. The van der Waals surface area contributed by atoms with Gasteiger partial charge in [0.15, 0.2) is 0 Å². The number of aryl methyl sites for hydroxylation is 1. The largest absolute Gasteiger partial charge is 3.00 e. The van der Waals surface area contributed by atoms with E-state index in [1.54, 1.807) is 49.8 Å². The predicted molar refractivity (Wildman–Crippen MR) is 275 cm³/mol. The van der Waals surface area contributed by atoms with Gasteiger partial charge in [-0.15, -0.1) is 22.1 Å². The molecule has 0 spiro atoms. The number of imidazole rings is 4. The van der Waals surface area contributed by atoms with Gasteiger partial charge in [-0.2, -0.15) is 0 Å². The van der Waals surface area contributed by atoms with Crippen LogP contribution in [0, 0.1) is 0 Å². The number of aromatic nitrogens is 12. The summed E-state index contributed by atoms with van der Waals surface area (Å²) in [7, 11) is 14.1. The van der Waals surface area contributed by atoms with Crippen LogP contribution in [-0.4, -0.2) is 124 Å². The zero-order chi connectivity index (χ0) is 50.8. The van der Waals surface area contributed by atoms with Crippen molar-refractivity contribution in [1.29, 1.82) is 0 Å². The number of ether oxygens (including phenoxy) is 7. The van der Waals surface area contributed by atoms with Gasteiger partial charge in [0.25, 0.3) is 23.3 Å². The molecule has 0 unspecified atom stereocenters. The fraction of sp³-hybridized carbons (Fsp3) is 0.407. The summed E-state index contributed by atoms with van der Waals surface area (Å²) in [6.07, 6.45) is 25.1. The molecular formula is C54H68MnN12O7+5. The zero-order valence-corrected chi connectivity index (χ0v) is 44.9. The van der Waals surface area contributed by atoms with Crippen LogP contribution in [0.4, 0.5) is 0 Å². The van der Waals surface area contributed by atoms with Crippen molar-refractivity contribution in [2.24, 2.45) is 7.05 Å². The van der Waals surface area contributed by atoms with E-state index in [1.165, 1.54) is 0 Å². The van der Waals surface area contributed by atoms with E-state index in [4.69, 9.17) is 53.1 Å². The Kier molecular flexibility index (Phi) is 18.4. The molecule has 0 saturated carbocycles. The van der Waals surface area contributed by atoms with Gasteiger partial charge in [0.05, 0.1) is 98.3 Å². The van der Waals surface area contributed by atoms with Crippen LogP contribution in [0.3, 0.4) is 0 Å². The van der Waals surface area contributed by atoms with Gasteiger partial charge in [0.1, 0.15) is 95.4 Å². The van der Waals surface area contributed by atoms with Crippen LogP contribution in [0.5, 0.6) is 0 Å². The summed E-state index contributed by atoms with van der Waals surface area (Å²) >= 11 is 0. The van der Waals surface area contributed by atoms with Crippen molar-refractivity contribution >= 4 is 46.4 Å². The molecule has 20 heteroatoms. The number of rotatable bonds is 25. The fourth-order valence-electron chi connectivity index (χ4n) is 9.70. The van der Waals surface area contributed by atoms with Crippen molar-refractivity contribution < 1.29 is 68.5 Å². The predicted octanol–water partition coefficient (Wildman–Crippen LogP) is 4.00. The average molecular weight is 1050 g/mol. The molecule has 7 aromatic heterocycles. The minimum atomic E-state index is 0. The third kappa shape index (κ3) is 11.1. The third-order valence-corrected chi connectivity index (χ3v) is 13.2. The summed E-state index contributed by atoms with van der Waals surface area (Å²) in [6, 6.07) is 8.39. The smallest absolute Gasteiger partial charge is 0.656 e. The van der Waals surface area contributed by atoms with Gasteiger partial charge in [-0.25, -0.2) is 46.5 Å². The van der Waals surface area contributed by atoms with Gasteiger partial charge in [-0.05, 0) is 24.3 Å². The van der Waals surface area contributed by atoms with Crippen LogP contribution < -0.4 is 28.2 Å². The normalized spacial score (nSPS) is 12.2. The van der Waals surface area contributed by atoms with Crippen molar-refractivity contribution in [1.82, 2.24) is 38.2 Å². The Morgan fingerprint density at radius 1 is 0.392 bits per heavy atom. The van der Waals surface area contributed by atoms with Gasteiger partial charge < -0.3 is 43.1 Å². The maximum atomic E-state index is 5.68. The van der Waals surface area contributed by atoms with E-state index < -0.39 is 0 Å². The molecule has 0 radical (unpaired) electrons. The number of methoxy groups -OCH3 is 7. The number of fused-ring (bicyclic) bond motifs is 8. The van der Waals surface area contributed by atoms with Crippen molar-refractivity contribution in [3.8, 4) is 45.6 Å². The summed E-state index contributed by atoms with van der Waals surface area (Å²) in [5, 5.41) is 0. The maximum absolute atomic E-state index is 5.68. The number of hydrogen-bond acceptors (Lipinski definition) is 9. The van der Waals surface area contributed by atoms with E-state index in [-0.39, 0.29) is 17.1 Å². The van der Waals surface area contributed by atoms with Crippen LogP contribution >= 0.6 is 0 Å². The second kappa shape index (κ2) is 25.3. The Morgan fingerprint density at radius 3 is 0.959 bits per heavy atom. The molecule has 0 atom stereocenters. The van der Waals surface area contributed by atoms with Crippen LogP contribution in [-0.2, 0) is 103 Å². The molecule has 74 heavy (non-hydrogen) atoms. The Balaban J connectivity index is 0.00000729. The summed E-state index contributed by atoms with van der Waals surface area (Å²) in [4.78, 5) is 22.6. The zero-order valence-electron chi connectivity index (χ0n) is 43.7. The molecule has 2 aliphatic heterocycles. The van der Waals surface area contributed by atoms with Gasteiger partial charge in [0, 0.05) is 49.8 Å². The third-order valence-electron chi connectivity index (χ3n) is 13.2. The molecule has 0 aromatic carbocycles. The van der Waals surface area contributed by atoms with E-state index in [2.05, 4.69) is 142 Å². The Hall–Kier alpha value is -6.32. The molecule has 0 N–H and O–H groups in total. The Labute approximate surface area is 442 Å². The van der Waals surface area contributed by atoms with Crippen LogP contribution in [0.1, 0.15) is 22.8 Å². The van der Waals surface area contributed by atoms with E-state index >= 15 is 0 Å². The Bertz CT molecular complexity index is 3130. The monoisotopic (exact) mass is 1050 g/mol. The van der Waals surface area contributed by atoms with Gasteiger partial charge in [0.2, 0.25) is 0 Å². The maximum Gasteiger partial charge on any atom is 3.00 e. The summed E-state index contributed by atoms with van der Waals surface area (Å²) in [5.41, 5.74) is 9.34. The first-order valence-corrected chi connectivity index (χ1v) is 24.7.